The van der Waals surface area contributed by atoms with Gasteiger partial charge in [-0.1, -0.05) is 26.2 Å². The normalized spacial score (nSPS) is 18.6. The highest BCUT2D eigenvalue weighted by Crippen LogP contribution is 2.29. The van der Waals surface area contributed by atoms with Gasteiger partial charge < -0.3 is 5.32 Å². The van der Waals surface area contributed by atoms with Crippen LogP contribution in [0.3, 0.4) is 0 Å². The number of hydrogen-bond donors (Lipinski definition) is 1. The molecule has 1 heterocycles. The lowest BCUT2D eigenvalue weighted by Crippen LogP contribution is -2.34. The smallest absolute Gasteiger partial charge is 0.0198 e. The number of hydrogen-bond acceptors (Lipinski definition) is 3. The largest absolute Gasteiger partial charge is 0.313 e. The van der Waals surface area contributed by atoms with Crippen LogP contribution in [0.15, 0.2) is 16.8 Å². The van der Waals surface area contributed by atoms with Gasteiger partial charge in [0.05, 0.1) is 0 Å². The number of thiophene rings is 1. The Hall–Kier alpha value is 0.01000. The molecule has 3 heteroatoms. The van der Waals surface area contributed by atoms with Crippen LogP contribution in [0.2, 0.25) is 0 Å². The van der Waals surface area contributed by atoms with Gasteiger partial charge in [-0.2, -0.15) is 23.1 Å². The third-order valence-corrected chi connectivity index (χ3v) is 6.10. The molecule has 0 bridgehead atoms. The maximum absolute atomic E-state index is 3.73. The molecule has 19 heavy (non-hydrogen) atoms. The second-order valence-electron chi connectivity index (χ2n) is 5.58. The van der Waals surface area contributed by atoms with Gasteiger partial charge in [-0.15, -0.1) is 0 Å². The molecule has 1 fully saturated rings. The molecule has 1 nitrogen and oxygen atoms in total. The van der Waals surface area contributed by atoms with Crippen molar-refractivity contribution in [3.8, 4) is 0 Å². The van der Waals surface area contributed by atoms with E-state index in [1.807, 2.05) is 11.3 Å². The first kappa shape index (κ1) is 15.4. The van der Waals surface area contributed by atoms with E-state index >= 15 is 0 Å². The van der Waals surface area contributed by atoms with Gasteiger partial charge in [0.15, 0.2) is 0 Å². The molecule has 0 saturated heterocycles. The number of nitrogens with one attached hydrogen (secondary N) is 1. The van der Waals surface area contributed by atoms with Gasteiger partial charge in [0.1, 0.15) is 0 Å². The molecule has 1 unspecified atom stereocenters. The van der Waals surface area contributed by atoms with Crippen LogP contribution in [0.25, 0.3) is 0 Å². The summed E-state index contributed by atoms with van der Waals surface area (Å²) in [5.41, 5.74) is 1.50. The zero-order valence-electron chi connectivity index (χ0n) is 12.1. The van der Waals surface area contributed by atoms with E-state index in [0.29, 0.717) is 6.04 Å². The standard InChI is InChI=1S/C16H27NS2/c1-2-9-17-15(11-14-8-10-18-12-14)13-19-16-6-4-3-5-7-16/h8,10,12,15-17H,2-7,9,11,13H2,1H3. The molecular weight excluding hydrogens is 270 g/mol. The van der Waals surface area contributed by atoms with E-state index in [1.54, 1.807) is 0 Å². The summed E-state index contributed by atoms with van der Waals surface area (Å²) in [5, 5.41) is 9.16. The van der Waals surface area contributed by atoms with Gasteiger partial charge in [0.25, 0.3) is 0 Å². The quantitative estimate of drug-likeness (QED) is 0.745. The first-order valence-corrected chi connectivity index (χ1v) is 9.73. The highest BCUT2D eigenvalue weighted by atomic mass is 32.2. The van der Waals surface area contributed by atoms with Crippen molar-refractivity contribution in [3.05, 3.63) is 22.4 Å². The van der Waals surface area contributed by atoms with E-state index in [2.05, 4.69) is 40.8 Å². The Kier molecular flexibility index (Phi) is 7.33. The van der Waals surface area contributed by atoms with E-state index in [0.717, 1.165) is 11.8 Å². The lowest BCUT2D eigenvalue weighted by atomic mass is 10.0. The van der Waals surface area contributed by atoms with E-state index in [9.17, 15) is 0 Å². The van der Waals surface area contributed by atoms with Gasteiger partial charge in [-0.25, -0.2) is 0 Å². The SMILES string of the molecule is CCCNC(CSC1CCCCC1)Cc1ccsc1. The van der Waals surface area contributed by atoms with Crippen LogP contribution < -0.4 is 5.32 Å². The van der Waals surface area contributed by atoms with E-state index in [-0.39, 0.29) is 0 Å². The molecule has 0 radical (unpaired) electrons. The highest BCUT2D eigenvalue weighted by molar-refractivity contribution is 7.99. The third-order valence-electron chi connectivity index (χ3n) is 3.83. The Bertz CT molecular complexity index is 317. The minimum Gasteiger partial charge on any atom is -0.313 e. The van der Waals surface area contributed by atoms with Gasteiger partial charge in [0.2, 0.25) is 0 Å². The minimum absolute atomic E-state index is 0.654. The fraction of sp³-hybridized carbons (Fsp3) is 0.750. The van der Waals surface area contributed by atoms with Gasteiger partial charge >= 0.3 is 0 Å². The molecule has 0 amide bonds. The van der Waals surface area contributed by atoms with Crippen molar-refractivity contribution in [3.63, 3.8) is 0 Å². The van der Waals surface area contributed by atoms with Gasteiger partial charge in [-0.05, 0) is 54.6 Å². The second-order valence-corrected chi connectivity index (χ2v) is 7.69. The van der Waals surface area contributed by atoms with Crippen LogP contribution in [0, 0.1) is 0 Å². The number of rotatable bonds is 8. The van der Waals surface area contributed by atoms with Crippen LogP contribution in [-0.4, -0.2) is 23.6 Å². The lowest BCUT2D eigenvalue weighted by Gasteiger charge is -2.24. The summed E-state index contributed by atoms with van der Waals surface area (Å²) in [6.45, 7) is 3.41. The van der Waals surface area contributed by atoms with Crippen molar-refractivity contribution in [2.45, 2.75) is 63.2 Å². The summed E-state index contributed by atoms with van der Waals surface area (Å²) >= 11 is 4.04. The van der Waals surface area contributed by atoms with Crippen LogP contribution in [0.4, 0.5) is 0 Å². The van der Waals surface area contributed by atoms with Gasteiger partial charge in [0, 0.05) is 17.0 Å². The van der Waals surface area contributed by atoms with Crippen molar-refractivity contribution in [2.75, 3.05) is 12.3 Å². The molecule has 0 aromatic carbocycles. The average Bonchev–Trinajstić information content (AvgIpc) is 2.96. The van der Waals surface area contributed by atoms with Crippen molar-refractivity contribution in [1.82, 2.24) is 5.32 Å². The molecule has 1 aromatic heterocycles. The summed E-state index contributed by atoms with van der Waals surface area (Å²) in [5.74, 6) is 1.28. The minimum atomic E-state index is 0.654. The van der Waals surface area contributed by atoms with E-state index in [4.69, 9.17) is 0 Å². The molecule has 1 aliphatic rings. The van der Waals surface area contributed by atoms with Crippen LogP contribution >= 0.6 is 23.1 Å². The maximum atomic E-state index is 3.73. The van der Waals surface area contributed by atoms with Crippen molar-refractivity contribution in [2.24, 2.45) is 0 Å². The fourth-order valence-corrected chi connectivity index (χ4v) is 4.80. The van der Waals surface area contributed by atoms with E-state index < -0.39 is 0 Å². The molecule has 1 aromatic rings. The summed E-state index contributed by atoms with van der Waals surface area (Å²) < 4.78 is 0. The Morgan fingerprint density at radius 1 is 1.37 bits per heavy atom. The van der Waals surface area contributed by atoms with Gasteiger partial charge in [-0.3, -0.25) is 0 Å². The Morgan fingerprint density at radius 3 is 2.89 bits per heavy atom. The molecule has 1 N–H and O–H groups in total. The van der Waals surface area contributed by atoms with Crippen LogP contribution in [-0.2, 0) is 6.42 Å². The third kappa shape index (κ3) is 5.88. The Morgan fingerprint density at radius 2 is 2.21 bits per heavy atom. The molecule has 0 spiro atoms. The Balaban J connectivity index is 1.75. The topological polar surface area (TPSA) is 12.0 Å². The van der Waals surface area contributed by atoms with Crippen molar-refractivity contribution < 1.29 is 0 Å². The molecule has 1 atom stereocenters. The predicted octanol–water partition coefficient (Wildman–Crippen LogP) is 4.72. The fourth-order valence-electron chi connectivity index (χ4n) is 2.72. The first-order valence-electron chi connectivity index (χ1n) is 7.74. The molecule has 1 saturated carbocycles. The van der Waals surface area contributed by atoms with Crippen molar-refractivity contribution in [1.29, 1.82) is 0 Å². The second kappa shape index (κ2) is 9.04. The zero-order valence-corrected chi connectivity index (χ0v) is 13.7. The van der Waals surface area contributed by atoms with Crippen LogP contribution in [0.5, 0.6) is 0 Å². The molecule has 2 rings (SSSR count). The zero-order chi connectivity index (χ0) is 13.3. The molecule has 108 valence electrons. The highest BCUT2D eigenvalue weighted by Gasteiger charge is 2.16. The number of thioether (sulfide) groups is 1. The first-order chi connectivity index (χ1) is 9.38. The van der Waals surface area contributed by atoms with Crippen LogP contribution in [0.1, 0.15) is 51.0 Å². The summed E-state index contributed by atoms with van der Waals surface area (Å²) in [4.78, 5) is 0. The molecule has 0 aliphatic heterocycles. The Labute approximate surface area is 126 Å². The lowest BCUT2D eigenvalue weighted by molar-refractivity contribution is 0.511. The summed E-state index contributed by atoms with van der Waals surface area (Å²) in [6.07, 6.45) is 9.69. The van der Waals surface area contributed by atoms with E-state index in [1.165, 1.54) is 56.3 Å². The average molecular weight is 298 g/mol. The predicted molar refractivity (Wildman–Crippen MR) is 89.4 cm³/mol. The monoisotopic (exact) mass is 297 g/mol. The summed E-state index contributed by atoms with van der Waals surface area (Å²) in [6, 6.07) is 2.93. The molecule has 1 aliphatic carbocycles. The molecular formula is C16H27NS2. The summed E-state index contributed by atoms with van der Waals surface area (Å²) in [7, 11) is 0. The maximum Gasteiger partial charge on any atom is 0.0198 e. The van der Waals surface area contributed by atoms with Crippen molar-refractivity contribution >= 4 is 23.1 Å².